The highest BCUT2D eigenvalue weighted by Crippen LogP contribution is 2.05. The van der Waals surface area contributed by atoms with Gasteiger partial charge in [0.15, 0.2) is 0 Å². The van der Waals surface area contributed by atoms with Crippen LogP contribution in [0.25, 0.3) is 0 Å². The monoisotopic (exact) mass is 278 g/mol. The van der Waals surface area contributed by atoms with Crippen molar-refractivity contribution in [1.82, 2.24) is 9.78 Å². The molecule has 0 spiro atoms. The summed E-state index contributed by atoms with van der Waals surface area (Å²) in [5.41, 5.74) is 3.93. The molecule has 3 rings (SSSR count). The summed E-state index contributed by atoms with van der Waals surface area (Å²) in [5.74, 6) is 0. The van der Waals surface area contributed by atoms with E-state index < -0.39 is 0 Å². The number of hydrogen-bond acceptors (Lipinski definition) is 1. The van der Waals surface area contributed by atoms with E-state index in [1.54, 1.807) is 0 Å². The molecule has 3 heteroatoms. The van der Waals surface area contributed by atoms with Gasteiger partial charge in [-0.2, -0.15) is 0 Å². The zero-order chi connectivity index (χ0) is 14.5. The fourth-order valence-electron chi connectivity index (χ4n) is 2.46. The van der Waals surface area contributed by atoms with Crippen LogP contribution < -0.4 is 4.57 Å². The van der Waals surface area contributed by atoms with Crippen molar-refractivity contribution >= 4 is 0 Å². The Hall–Kier alpha value is -2.42. The standard InChI is InChI=1S/C18H20N3/c1-16-6-5-9-18(12-16)13-21-15-20(14-19-21)11-10-17-7-3-2-4-8-17/h2-9,12,14-15H,10-11,13H2,1H3/q+1. The third-order valence-corrected chi connectivity index (χ3v) is 3.56. The lowest BCUT2D eigenvalue weighted by Gasteiger charge is -1.99. The molecule has 0 bridgehead atoms. The van der Waals surface area contributed by atoms with E-state index in [1.165, 1.54) is 16.7 Å². The van der Waals surface area contributed by atoms with Crippen LogP contribution >= 0.6 is 0 Å². The molecule has 0 saturated carbocycles. The number of nitrogens with zero attached hydrogens (tertiary/aromatic N) is 3. The largest absolute Gasteiger partial charge is 0.265 e. The molecule has 0 aliphatic heterocycles. The highest BCUT2D eigenvalue weighted by Gasteiger charge is 2.06. The van der Waals surface area contributed by atoms with E-state index >= 15 is 0 Å². The summed E-state index contributed by atoms with van der Waals surface area (Å²) >= 11 is 0. The van der Waals surface area contributed by atoms with E-state index in [2.05, 4.69) is 77.5 Å². The molecule has 0 amide bonds. The van der Waals surface area contributed by atoms with E-state index in [-0.39, 0.29) is 0 Å². The minimum Gasteiger partial charge on any atom is -0.237 e. The van der Waals surface area contributed by atoms with Gasteiger partial charge in [0.25, 0.3) is 6.33 Å². The third kappa shape index (κ3) is 3.78. The molecule has 1 aromatic heterocycles. The first-order chi connectivity index (χ1) is 10.3. The molecule has 1 heterocycles. The number of hydrogen-bond donors (Lipinski definition) is 0. The normalized spacial score (nSPS) is 10.7. The van der Waals surface area contributed by atoms with Gasteiger partial charge in [-0.1, -0.05) is 60.2 Å². The van der Waals surface area contributed by atoms with Gasteiger partial charge in [0, 0.05) is 11.5 Å². The van der Waals surface area contributed by atoms with Crippen molar-refractivity contribution in [2.45, 2.75) is 26.4 Å². The number of rotatable bonds is 5. The fourth-order valence-corrected chi connectivity index (χ4v) is 2.46. The lowest BCUT2D eigenvalue weighted by molar-refractivity contribution is -0.697. The van der Waals surface area contributed by atoms with Gasteiger partial charge in [-0.15, -0.1) is 4.68 Å². The van der Waals surface area contributed by atoms with E-state index in [0.29, 0.717) is 0 Å². The lowest BCUT2D eigenvalue weighted by atomic mass is 10.1. The van der Waals surface area contributed by atoms with E-state index in [0.717, 1.165) is 19.5 Å². The first-order valence-corrected chi connectivity index (χ1v) is 7.30. The third-order valence-electron chi connectivity index (χ3n) is 3.56. The molecule has 0 N–H and O–H groups in total. The first kappa shape index (κ1) is 13.6. The molecule has 0 radical (unpaired) electrons. The average molecular weight is 278 g/mol. The van der Waals surface area contributed by atoms with E-state index in [4.69, 9.17) is 0 Å². The summed E-state index contributed by atoms with van der Waals surface area (Å²) in [6, 6.07) is 19.1. The number of aromatic nitrogens is 3. The molecule has 0 aliphatic carbocycles. The van der Waals surface area contributed by atoms with Crippen LogP contribution in [0.1, 0.15) is 16.7 Å². The molecule has 0 atom stereocenters. The van der Waals surface area contributed by atoms with Crippen molar-refractivity contribution in [2.24, 2.45) is 0 Å². The molecule has 3 nitrogen and oxygen atoms in total. The summed E-state index contributed by atoms with van der Waals surface area (Å²) < 4.78 is 4.13. The van der Waals surface area contributed by atoms with Gasteiger partial charge in [-0.25, -0.2) is 4.57 Å². The van der Waals surface area contributed by atoms with Crippen LogP contribution in [0.2, 0.25) is 0 Å². The molecule has 0 aliphatic rings. The predicted molar refractivity (Wildman–Crippen MR) is 82.8 cm³/mol. The van der Waals surface area contributed by atoms with Crippen molar-refractivity contribution in [1.29, 1.82) is 0 Å². The Labute approximate surface area is 125 Å². The van der Waals surface area contributed by atoms with Crippen molar-refractivity contribution in [3.05, 3.63) is 83.9 Å². The Balaban J connectivity index is 1.61. The smallest absolute Gasteiger partial charge is 0.237 e. The summed E-state index contributed by atoms with van der Waals surface area (Å²) in [6.07, 6.45) is 5.01. The molecular formula is C18H20N3+. The van der Waals surface area contributed by atoms with Crippen LogP contribution in [0.5, 0.6) is 0 Å². The molecule has 3 aromatic rings. The lowest BCUT2D eigenvalue weighted by Crippen LogP contribution is -2.32. The van der Waals surface area contributed by atoms with Gasteiger partial charge in [0.1, 0.15) is 6.54 Å². The minimum atomic E-state index is 0.819. The Bertz CT molecular complexity index is 701. The summed E-state index contributed by atoms with van der Waals surface area (Å²) in [7, 11) is 0. The van der Waals surface area contributed by atoms with E-state index in [1.807, 2.05) is 11.0 Å². The number of aryl methyl sites for hydroxylation is 3. The molecule has 0 unspecified atom stereocenters. The maximum atomic E-state index is 4.43. The fraction of sp³-hybridized carbons (Fsp3) is 0.222. The topological polar surface area (TPSA) is 21.7 Å². The zero-order valence-electron chi connectivity index (χ0n) is 12.3. The predicted octanol–water partition coefficient (Wildman–Crippen LogP) is 2.77. The SMILES string of the molecule is Cc1cccc(Cn2c[n+](CCc3ccccc3)cn2)c1. The van der Waals surface area contributed by atoms with Gasteiger partial charge in [-0.05, 0) is 18.1 Å². The Morgan fingerprint density at radius 2 is 1.81 bits per heavy atom. The Kier molecular flexibility index (Phi) is 4.10. The van der Waals surface area contributed by atoms with Crippen LogP contribution in [-0.2, 0) is 19.5 Å². The van der Waals surface area contributed by atoms with Gasteiger partial charge >= 0.3 is 0 Å². The van der Waals surface area contributed by atoms with Crippen molar-refractivity contribution in [3.63, 3.8) is 0 Å². The first-order valence-electron chi connectivity index (χ1n) is 7.30. The quantitative estimate of drug-likeness (QED) is 0.658. The molecule has 106 valence electrons. The van der Waals surface area contributed by atoms with Gasteiger partial charge < -0.3 is 0 Å². The molecule has 0 saturated heterocycles. The van der Waals surface area contributed by atoms with Crippen molar-refractivity contribution < 1.29 is 4.57 Å². The average Bonchev–Trinajstić information content (AvgIpc) is 2.94. The molecule has 2 aromatic carbocycles. The van der Waals surface area contributed by atoms with Gasteiger partial charge in [-0.3, -0.25) is 0 Å². The summed E-state index contributed by atoms with van der Waals surface area (Å²) in [5, 5.41) is 4.43. The highest BCUT2D eigenvalue weighted by atomic mass is 15.3. The van der Waals surface area contributed by atoms with Crippen molar-refractivity contribution in [2.75, 3.05) is 0 Å². The zero-order valence-corrected chi connectivity index (χ0v) is 12.3. The van der Waals surface area contributed by atoms with Crippen LogP contribution in [0.15, 0.2) is 67.3 Å². The van der Waals surface area contributed by atoms with Crippen LogP contribution in [0.4, 0.5) is 0 Å². The maximum Gasteiger partial charge on any atom is 0.265 e. The van der Waals surface area contributed by atoms with Crippen LogP contribution in [0, 0.1) is 6.92 Å². The second kappa shape index (κ2) is 6.35. The maximum absolute atomic E-state index is 4.43. The summed E-state index contributed by atoms with van der Waals surface area (Å²) in [6.45, 7) is 3.89. The summed E-state index contributed by atoms with van der Waals surface area (Å²) in [4.78, 5) is 0. The van der Waals surface area contributed by atoms with Crippen molar-refractivity contribution in [3.8, 4) is 0 Å². The molecule has 0 fully saturated rings. The van der Waals surface area contributed by atoms with Gasteiger partial charge in [0.05, 0.1) is 6.54 Å². The minimum absolute atomic E-state index is 0.819. The molecular weight excluding hydrogens is 258 g/mol. The Morgan fingerprint density at radius 3 is 2.62 bits per heavy atom. The second-order valence-electron chi connectivity index (χ2n) is 5.41. The van der Waals surface area contributed by atoms with Gasteiger partial charge in [0.2, 0.25) is 6.33 Å². The highest BCUT2D eigenvalue weighted by molar-refractivity contribution is 5.22. The van der Waals surface area contributed by atoms with E-state index in [9.17, 15) is 0 Å². The number of benzene rings is 2. The Morgan fingerprint density at radius 1 is 1.00 bits per heavy atom. The van der Waals surface area contributed by atoms with Crippen LogP contribution in [-0.4, -0.2) is 9.78 Å². The molecule has 21 heavy (non-hydrogen) atoms. The second-order valence-corrected chi connectivity index (χ2v) is 5.41. The van der Waals surface area contributed by atoms with Crippen LogP contribution in [0.3, 0.4) is 0 Å².